The third-order valence-corrected chi connectivity index (χ3v) is 3.89. The largest absolute Gasteiger partial charge is 0.263 e. The Kier molecular flexibility index (Phi) is 4.15. The van der Waals surface area contributed by atoms with Crippen LogP contribution in [0.2, 0.25) is 0 Å². The highest BCUT2D eigenvalue weighted by molar-refractivity contribution is 7.89. The van der Waals surface area contributed by atoms with Gasteiger partial charge in [0, 0.05) is 19.8 Å². The summed E-state index contributed by atoms with van der Waals surface area (Å²) < 4.78 is 38.1. The monoisotopic (exact) mass is 257 g/mol. The summed E-state index contributed by atoms with van der Waals surface area (Å²) in [6.45, 7) is 1.58. The van der Waals surface area contributed by atoms with Crippen molar-refractivity contribution in [3.8, 4) is 6.07 Å². The molecule has 0 aromatic carbocycles. The molecule has 1 heterocycles. The molecule has 1 atom stereocenters. The van der Waals surface area contributed by atoms with Crippen LogP contribution in [-0.4, -0.2) is 31.3 Å². The van der Waals surface area contributed by atoms with Gasteiger partial charge in [-0.2, -0.15) is 9.57 Å². The van der Waals surface area contributed by atoms with E-state index in [1.54, 1.807) is 6.92 Å². The van der Waals surface area contributed by atoms with Crippen LogP contribution in [0.4, 0.5) is 4.39 Å². The molecule has 0 saturated carbocycles. The molecule has 1 aromatic rings. The Morgan fingerprint density at radius 3 is 2.82 bits per heavy atom. The molecule has 0 bridgehead atoms. The zero-order valence-corrected chi connectivity index (χ0v) is 10.3. The lowest BCUT2D eigenvalue weighted by Crippen LogP contribution is -2.32. The quantitative estimate of drug-likeness (QED) is 0.806. The number of aromatic nitrogens is 1. The molecule has 0 radical (unpaired) electrons. The molecule has 0 spiro atoms. The predicted octanol–water partition coefficient (Wildman–Crippen LogP) is 1.00. The minimum Gasteiger partial charge on any atom is -0.241 e. The number of pyridine rings is 1. The fraction of sp³-hybridized carbons (Fsp3) is 0.400. The molecule has 1 unspecified atom stereocenters. The molecular formula is C10H12FN3O2S. The van der Waals surface area contributed by atoms with E-state index in [1.165, 1.54) is 19.3 Å². The second kappa shape index (κ2) is 5.21. The third-order valence-electron chi connectivity index (χ3n) is 2.13. The van der Waals surface area contributed by atoms with E-state index < -0.39 is 26.8 Å². The molecule has 5 nitrogen and oxygen atoms in total. The van der Waals surface area contributed by atoms with Crippen molar-refractivity contribution in [1.29, 1.82) is 5.26 Å². The predicted molar refractivity (Wildman–Crippen MR) is 58.8 cm³/mol. The van der Waals surface area contributed by atoms with E-state index in [1.807, 2.05) is 6.07 Å². The first-order valence-electron chi connectivity index (χ1n) is 4.86. The molecule has 0 aliphatic carbocycles. The van der Waals surface area contributed by atoms with Crippen molar-refractivity contribution in [2.24, 2.45) is 5.92 Å². The van der Waals surface area contributed by atoms with Crippen molar-refractivity contribution in [2.75, 3.05) is 13.6 Å². The van der Waals surface area contributed by atoms with E-state index in [9.17, 15) is 12.8 Å². The van der Waals surface area contributed by atoms with Gasteiger partial charge in [0.05, 0.1) is 12.0 Å². The molecule has 0 amide bonds. The number of rotatable bonds is 4. The van der Waals surface area contributed by atoms with E-state index in [2.05, 4.69) is 4.98 Å². The Morgan fingerprint density at radius 2 is 2.29 bits per heavy atom. The average Bonchev–Trinajstić information content (AvgIpc) is 2.29. The lowest BCUT2D eigenvalue weighted by Gasteiger charge is -2.17. The Morgan fingerprint density at radius 1 is 1.65 bits per heavy atom. The fourth-order valence-electron chi connectivity index (χ4n) is 1.23. The van der Waals surface area contributed by atoms with Crippen LogP contribution in [0.3, 0.4) is 0 Å². The van der Waals surface area contributed by atoms with Crippen LogP contribution >= 0.6 is 0 Å². The van der Waals surface area contributed by atoms with Gasteiger partial charge in [0.15, 0.2) is 5.82 Å². The summed E-state index contributed by atoms with van der Waals surface area (Å²) in [6.07, 6.45) is 1.21. The molecule has 0 saturated heterocycles. The number of nitrogens with zero attached hydrogens (tertiary/aromatic N) is 3. The summed E-state index contributed by atoms with van der Waals surface area (Å²) in [6, 6.07) is 4.25. The number of hydrogen-bond donors (Lipinski definition) is 0. The molecule has 92 valence electrons. The van der Waals surface area contributed by atoms with Crippen molar-refractivity contribution in [3.63, 3.8) is 0 Å². The Hall–Kier alpha value is -1.52. The number of halogens is 1. The summed E-state index contributed by atoms with van der Waals surface area (Å²) in [5.74, 6) is -1.37. The Labute approximate surface area is 99.6 Å². The van der Waals surface area contributed by atoms with Gasteiger partial charge < -0.3 is 0 Å². The van der Waals surface area contributed by atoms with E-state index in [0.29, 0.717) is 0 Å². The molecule has 17 heavy (non-hydrogen) atoms. The van der Waals surface area contributed by atoms with Crippen molar-refractivity contribution < 1.29 is 12.8 Å². The summed E-state index contributed by atoms with van der Waals surface area (Å²) in [7, 11) is -2.69. The molecular weight excluding hydrogens is 245 g/mol. The van der Waals surface area contributed by atoms with Gasteiger partial charge in [-0.1, -0.05) is 0 Å². The zero-order chi connectivity index (χ0) is 13.1. The number of nitriles is 1. The minimum atomic E-state index is -3.98. The van der Waals surface area contributed by atoms with Crippen molar-refractivity contribution in [1.82, 2.24) is 9.29 Å². The van der Waals surface area contributed by atoms with Crippen molar-refractivity contribution in [2.45, 2.75) is 11.9 Å². The van der Waals surface area contributed by atoms with Gasteiger partial charge in [0.1, 0.15) is 0 Å². The maximum Gasteiger partial charge on any atom is 0.263 e. The normalized spacial score (nSPS) is 13.4. The van der Waals surface area contributed by atoms with Crippen LogP contribution in [0.15, 0.2) is 23.4 Å². The minimum absolute atomic E-state index is 0.00511. The van der Waals surface area contributed by atoms with Gasteiger partial charge in [-0.05, 0) is 19.1 Å². The van der Waals surface area contributed by atoms with Crippen molar-refractivity contribution in [3.05, 3.63) is 24.1 Å². The standard InChI is InChI=1S/C10H12FN3O2S/c1-8(6-12)7-14(2)17(15,16)10-9(11)4-3-5-13-10/h3-5,8H,7H2,1-2H3. The highest BCUT2D eigenvalue weighted by Crippen LogP contribution is 2.15. The van der Waals surface area contributed by atoms with Crippen molar-refractivity contribution >= 4 is 10.0 Å². The summed E-state index contributed by atoms with van der Waals surface area (Å²) in [5, 5.41) is 8.00. The number of hydrogen-bond acceptors (Lipinski definition) is 4. The fourth-order valence-corrected chi connectivity index (χ4v) is 2.46. The summed E-state index contributed by atoms with van der Waals surface area (Å²) >= 11 is 0. The first kappa shape index (κ1) is 13.5. The van der Waals surface area contributed by atoms with E-state index in [0.717, 1.165) is 10.4 Å². The molecule has 7 heteroatoms. The molecule has 1 rings (SSSR count). The molecule has 1 aromatic heterocycles. The highest BCUT2D eigenvalue weighted by Gasteiger charge is 2.26. The van der Waals surface area contributed by atoms with Gasteiger partial charge in [-0.3, -0.25) is 0 Å². The van der Waals surface area contributed by atoms with E-state index in [4.69, 9.17) is 5.26 Å². The van der Waals surface area contributed by atoms with Gasteiger partial charge in [0.2, 0.25) is 5.03 Å². The van der Waals surface area contributed by atoms with Gasteiger partial charge in [0.25, 0.3) is 10.0 Å². The summed E-state index contributed by atoms with van der Waals surface area (Å²) in [4.78, 5) is 3.52. The smallest absolute Gasteiger partial charge is 0.241 e. The van der Waals surface area contributed by atoms with Crippen LogP contribution in [0.1, 0.15) is 6.92 Å². The SMILES string of the molecule is CC(C#N)CN(C)S(=O)(=O)c1ncccc1F. The van der Waals surface area contributed by atoms with E-state index in [-0.39, 0.29) is 6.54 Å². The Balaban J connectivity index is 3.05. The Bertz CT molecular complexity index is 539. The summed E-state index contributed by atoms with van der Waals surface area (Å²) in [5.41, 5.74) is 0. The maximum atomic E-state index is 13.3. The number of sulfonamides is 1. The lowest BCUT2D eigenvalue weighted by molar-refractivity contribution is 0.431. The topological polar surface area (TPSA) is 74.1 Å². The lowest BCUT2D eigenvalue weighted by atomic mass is 10.2. The second-order valence-electron chi connectivity index (χ2n) is 3.61. The highest BCUT2D eigenvalue weighted by atomic mass is 32.2. The molecule has 0 aliphatic heterocycles. The average molecular weight is 257 g/mol. The zero-order valence-electron chi connectivity index (χ0n) is 9.46. The molecule has 0 fully saturated rings. The first-order valence-corrected chi connectivity index (χ1v) is 6.30. The maximum absolute atomic E-state index is 13.3. The van der Waals surface area contributed by atoms with Gasteiger partial charge in [-0.15, -0.1) is 0 Å². The van der Waals surface area contributed by atoms with Gasteiger partial charge >= 0.3 is 0 Å². The van der Waals surface area contributed by atoms with Crippen LogP contribution in [0.5, 0.6) is 0 Å². The van der Waals surface area contributed by atoms with E-state index >= 15 is 0 Å². The van der Waals surface area contributed by atoms with Crippen LogP contribution in [0.25, 0.3) is 0 Å². The molecule has 0 aliphatic rings. The van der Waals surface area contributed by atoms with Gasteiger partial charge in [-0.25, -0.2) is 17.8 Å². The third kappa shape index (κ3) is 2.99. The molecule has 0 N–H and O–H groups in total. The first-order chi connectivity index (χ1) is 7.89. The van der Waals surface area contributed by atoms with Crippen LogP contribution < -0.4 is 0 Å². The van der Waals surface area contributed by atoms with Crippen LogP contribution in [-0.2, 0) is 10.0 Å². The second-order valence-corrected chi connectivity index (χ2v) is 5.57. The van der Waals surface area contributed by atoms with Crippen LogP contribution in [0, 0.1) is 23.1 Å².